The number of nitrogens with one attached hydrogen (secondary N) is 1. The highest BCUT2D eigenvalue weighted by molar-refractivity contribution is 7.47. The maximum atomic E-state index is 12.8. The molecular weight excluding hydrogens is 744 g/mol. The number of amides is 1. The van der Waals surface area contributed by atoms with E-state index in [9.17, 15) is 19.4 Å². The summed E-state index contributed by atoms with van der Waals surface area (Å²) in [6.07, 6.45) is 54.9. The molecule has 3 unspecified atom stereocenters. The Morgan fingerprint density at radius 3 is 1.33 bits per heavy atom. The maximum Gasteiger partial charge on any atom is 0.472 e. The smallest absolute Gasteiger partial charge is 0.387 e. The fourth-order valence-corrected chi connectivity index (χ4v) is 7.98. The Balaban J connectivity index is 4.19. The third kappa shape index (κ3) is 42.8. The lowest BCUT2D eigenvalue weighted by Crippen LogP contribution is -2.45. The molecule has 58 heavy (non-hydrogen) atoms. The summed E-state index contributed by atoms with van der Waals surface area (Å²) >= 11 is 0. The molecule has 0 radical (unpaired) electrons. The molecule has 0 saturated carbocycles. The van der Waals surface area contributed by atoms with Gasteiger partial charge in [-0.25, -0.2) is 4.57 Å². The van der Waals surface area contributed by atoms with Crippen molar-refractivity contribution >= 4 is 13.7 Å². The van der Waals surface area contributed by atoms with Crippen molar-refractivity contribution in [2.75, 3.05) is 19.8 Å². The predicted molar refractivity (Wildman–Crippen MR) is 249 cm³/mol. The lowest BCUT2D eigenvalue weighted by molar-refractivity contribution is -0.123. The molecule has 3 atom stereocenters. The molecule has 0 aliphatic carbocycles. The Morgan fingerprint density at radius 2 is 0.914 bits per heavy atom. The zero-order valence-electron chi connectivity index (χ0n) is 38.0. The van der Waals surface area contributed by atoms with Crippen molar-refractivity contribution in [1.29, 1.82) is 0 Å². The molecule has 0 aromatic rings. The van der Waals surface area contributed by atoms with Crippen LogP contribution in [0.15, 0.2) is 36.5 Å². The van der Waals surface area contributed by atoms with Gasteiger partial charge in [-0.2, -0.15) is 0 Å². The van der Waals surface area contributed by atoms with Crippen molar-refractivity contribution in [3.05, 3.63) is 36.5 Å². The van der Waals surface area contributed by atoms with E-state index in [0.29, 0.717) is 6.42 Å². The van der Waals surface area contributed by atoms with Crippen LogP contribution in [0.3, 0.4) is 0 Å². The largest absolute Gasteiger partial charge is 0.472 e. The van der Waals surface area contributed by atoms with Gasteiger partial charge in [0.2, 0.25) is 5.91 Å². The van der Waals surface area contributed by atoms with Gasteiger partial charge < -0.3 is 21.1 Å². The minimum absolute atomic E-state index is 0.0729. The first-order valence-corrected chi connectivity index (χ1v) is 26.1. The Hall–Kier alpha value is -1.28. The van der Waals surface area contributed by atoms with Crippen molar-refractivity contribution in [3.63, 3.8) is 0 Å². The number of phosphoric ester groups is 1. The molecule has 0 fully saturated rings. The summed E-state index contributed by atoms with van der Waals surface area (Å²) in [5.41, 5.74) is 5.38. The van der Waals surface area contributed by atoms with Crippen LogP contribution in [0.5, 0.6) is 0 Å². The molecule has 0 spiro atoms. The van der Waals surface area contributed by atoms with E-state index in [-0.39, 0.29) is 25.7 Å². The lowest BCUT2D eigenvalue weighted by Gasteiger charge is -2.23. The Labute approximate surface area is 359 Å². The monoisotopic (exact) mass is 839 g/mol. The average Bonchev–Trinajstić information content (AvgIpc) is 3.21. The van der Waals surface area contributed by atoms with Crippen LogP contribution in [0.25, 0.3) is 0 Å². The van der Waals surface area contributed by atoms with Crippen LogP contribution >= 0.6 is 7.82 Å². The summed E-state index contributed by atoms with van der Waals surface area (Å²) in [6, 6.07) is -0.881. The van der Waals surface area contributed by atoms with E-state index < -0.39 is 20.0 Å². The molecule has 1 amide bonds. The zero-order chi connectivity index (χ0) is 42.5. The summed E-state index contributed by atoms with van der Waals surface area (Å²) in [4.78, 5) is 22.8. The number of aliphatic hydroxyl groups is 1. The van der Waals surface area contributed by atoms with Gasteiger partial charge in [-0.15, -0.1) is 0 Å². The van der Waals surface area contributed by atoms with Gasteiger partial charge in [-0.05, 0) is 44.9 Å². The molecule has 9 heteroatoms. The minimum Gasteiger partial charge on any atom is -0.387 e. The van der Waals surface area contributed by atoms with Crippen molar-refractivity contribution in [2.24, 2.45) is 5.73 Å². The van der Waals surface area contributed by atoms with E-state index in [4.69, 9.17) is 14.8 Å². The lowest BCUT2D eigenvalue weighted by atomic mass is 10.0. The molecule has 0 saturated heterocycles. The van der Waals surface area contributed by atoms with E-state index in [1.54, 1.807) is 6.08 Å². The van der Waals surface area contributed by atoms with Crippen molar-refractivity contribution < 1.29 is 28.4 Å². The summed E-state index contributed by atoms with van der Waals surface area (Å²) in [7, 11) is -4.35. The number of rotatable bonds is 46. The summed E-state index contributed by atoms with van der Waals surface area (Å²) < 4.78 is 22.2. The zero-order valence-corrected chi connectivity index (χ0v) is 38.9. The normalized spacial score (nSPS) is 14.2. The number of aliphatic hydroxyl groups excluding tert-OH is 1. The van der Waals surface area contributed by atoms with Gasteiger partial charge in [-0.1, -0.05) is 224 Å². The highest BCUT2D eigenvalue weighted by Gasteiger charge is 2.26. The standard InChI is InChI=1S/C49H95N2O6P/c1-3-5-7-9-11-13-15-17-19-21-23-25-26-28-30-32-34-36-38-40-42-48(52)47(46-57-58(54,55)56-45-44-50)51-49(53)43-41-39-37-35-33-31-29-27-24-22-20-18-16-14-12-10-8-6-4-2/h25-26,32,34,40,42,47-48,52H,3-24,27-31,33,35-39,41,43-46,50H2,1-2H3,(H,51,53)(H,54,55)/b26-25+,34-32+,42-40+. The third-order valence-electron chi connectivity index (χ3n) is 10.9. The number of hydrogen-bond acceptors (Lipinski definition) is 6. The van der Waals surface area contributed by atoms with E-state index in [0.717, 1.165) is 44.9 Å². The molecule has 0 heterocycles. The van der Waals surface area contributed by atoms with Gasteiger partial charge >= 0.3 is 7.82 Å². The van der Waals surface area contributed by atoms with Crippen LogP contribution in [0.1, 0.15) is 239 Å². The van der Waals surface area contributed by atoms with Gasteiger partial charge in [0, 0.05) is 13.0 Å². The molecule has 8 nitrogen and oxygen atoms in total. The highest BCUT2D eigenvalue weighted by Crippen LogP contribution is 2.43. The summed E-state index contributed by atoms with van der Waals surface area (Å²) in [6.45, 7) is 4.13. The molecule has 5 N–H and O–H groups in total. The van der Waals surface area contributed by atoms with Gasteiger partial charge in [0.1, 0.15) is 0 Å². The molecule has 0 aromatic carbocycles. The van der Waals surface area contributed by atoms with E-state index in [2.05, 4.69) is 43.5 Å². The topological polar surface area (TPSA) is 131 Å². The van der Waals surface area contributed by atoms with Gasteiger partial charge in [0.05, 0.1) is 25.4 Å². The first-order chi connectivity index (χ1) is 28.4. The average molecular weight is 839 g/mol. The maximum absolute atomic E-state index is 12.8. The first kappa shape index (κ1) is 56.7. The number of hydrogen-bond donors (Lipinski definition) is 4. The quantitative estimate of drug-likeness (QED) is 0.0273. The second-order valence-corrected chi connectivity index (χ2v) is 18.1. The number of phosphoric acid groups is 1. The fourth-order valence-electron chi connectivity index (χ4n) is 7.22. The molecule has 0 aliphatic rings. The molecule has 0 bridgehead atoms. The van der Waals surface area contributed by atoms with E-state index in [1.807, 2.05) is 6.08 Å². The second-order valence-electron chi connectivity index (χ2n) is 16.7. The van der Waals surface area contributed by atoms with Crippen molar-refractivity contribution in [3.8, 4) is 0 Å². The third-order valence-corrected chi connectivity index (χ3v) is 11.9. The number of carbonyl (C=O) groups is 1. The van der Waals surface area contributed by atoms with Crippen LogP contribution < -0.4 is 11.1 Å². The first-order valence-electron chi connectivity index (χ1n) is 24.6. The van der Waals surface area contributed by atoms with Crippen LogP contribution in [-0.2, 0) is 18.4 Å². The molecule has 0 rings (SSSR count). The Kier molecular flexibility index (Phi) is 44.3. The molecule has 0 aromatic heterocycles. The minimum atomic E-state index is -4.35. The highest BCUT2D eigenvalue weighted by atomic mass is 31.2. The van der Waals surface area contributed by atoms with E-state index in [1.165, 1.54) is 173 Å². The number of carbonyl (C=O) groups excluding carboxylic acids is 1. The second kappa shape index (κ2) is 45.3. The molecule has 342 valence electrons. The van der Waals surface area contributed by atoms with E-state index >= 15 is 0 Å². The van der Waals surface area contributed by atoms with Crippen molar-refractivity contribution in [1.82, 2.24) is 5.32 Å². The predicted octanol–water partition coefficient (Wildman–Crippen LogP) is 14.3. The Bertz CT molecular complexity index is 1010. The summed E-state index contributed by atoms with van der Waals surface area (Å²) in [5.74, 6) is -0.204. The van der Waals surface area contributed by atoms with Crippen LogP contribution in [0, 0.1) is 0 Å². The van der Waals surface area contributed by atoms with Crippen molar-refractivity contribution in [2.45, 2.75) is 251 Å². The number of allylic oxidation sites excluding steroid dienone is 5. The van der Waals surface area contributed by atoms with Crippen LogP contribution in [0.4, 0.5) is 0 Å². The summed E-state index contributed by atoms with van der Waals surface area (Å²) in [5, 5.41) is 13.7. The number of unbranched alkanes of at least 4 members (excludes halogenated alkanes) is 30. The van der Waals surface area contributed by atoms with Gasteiger partial charge in [-0.3, -0.25) is 13.8 Å². The van der Waals surface area contributed by atoms with Crippen LogP contribution in [0.2, 0.25) is 0 Å². The van der Waals surface area contributed by atoms with Gasteiger partial charge in [0.25, 0.3) is 0 Å². The SMILES string of the molecule is CCCCCCCCCCCC/C=C/CC/C=C/CC/C=C/C(O)C(COP(=O)(O)OCCN)NC(=O)CCCCCCCCCCCCCCCCCCCCC. The molecular formula is C49H95N2O6P. The van der Waals surface area contributed by atoms with Crippen LogP contribution in [-0.4, -0.2) is 47.8 Å². The fraction of sp³-hybridized carbons (Fsp3) is 0.857. The Morgan fingerprint density at radius 1 is 0.552 bits per heavy atom. The number of nitrogens with two attached hydrogens (primary N) is 1. The molecule has 0 aliphatic heterocycles. The van der Waals surface area contributed by atoms with Gasteiger partial charge in [0.15, 0.2) is 0 Å².